The van der Waals surface area contributed by atoms with Gasteiger partial charge in [0.15, 0.2) is 0 Å². The fourth-order valence-corrected chi connectivity index (χ4v) is 3.85. The number of amides is 1. The molecule has 2 heterocycles. The summed E-state index contributed by atoms with van der Waals surface area (Å²) in [5.41, 5.74) is 3.30. The van der Waals surface area contributed by atoms with Crippen LogP contribution in [0.15, 0.2) is 29.0 Å². The van der Waals surface area contributed by atoms with Gasteiger partial charge < -0.3 is 0 Å². The predicted molar refractivity (Wildman–Crippen MR) is 82.6 cm³/mol. The smallest absolute Gasteiger partial charge is 0.275 e. The fourth-order valence-electron chi connectivity index (χ4n) is 2.30. The van der Waals surface area contributed by atoms with Crippen LogP contribution in [0.1, 0.15) is 33.0 Å². The van der Waals surface area contributed by atoms with E-state index in [-0.39, 0.29) is 5.91 Å². The maximum Gasteiger partial charge on any atom is 0.275 e. The van der Waals surface area contributed by atoms with Crippen LogP contribution >= 0.6 is 22.7 Å². The summed E-state index contributed by atoms with van der Waals surface area (Å²) >= 11 is 3.23. The van der Waals surface area contributed by atoms with Crippen molar-refractivity contribution in [3.63, 3.8) is 0 Å². The molecule has 0 unspecified atom stereocenters. The molecule has 1 amide bonds. The van der Waals surface area contributed by atoms with E-state index in [0.29, 0.717) is 6.04 Å². The highest BCUT2D eigenvalue weighted by molar-refractivity contribution is 7.12. The van der Waals surface area contributed by atoms with Crippen LogP contribution in [0.3, 0.4) is 0 Å². The minimum Gasteiger partial charge on any atom is -0.291 e. The molecule has 0 radical (unpaired) electrons. The van der Waals surface area contributed by atoms with Crippen LogP contribution in [-0.4, -0.2) is 16.8 Å². The Balaban J connectivity index is 1.73. The van der Waals surface area contributed by atoms with Crippen molar-refractivity contribution in [2.45, 2.75) is 32.0 Å². The Morgan fingerprint density at radius 2 is 2.15 bits per heavy atom. The summed E-state index contributed by atoms with van der Waals surface area (Å²) in [4.78, 5) is 16.3. The van der Waals surface area contributed by atoms with Gasteiger partial charge in [0.2, 0.25) is 0 Å². The summed E-state index contributed by atoms with van der Waals surface area (Å²) in [6, 6.07) is 6.94. The molecule has 2 aromatic heterocycles. The molecule has 106 valence electrons. The molecule has 0 saturated heterocycles. The summed E-state index contributed by atoms with van der Waals surface area (Å²) in [6.07, 6.45) is 2.52. The van der Waals surface area contributed by atoms with Gasteiger partial charge in [-0.3, -0.25) is 15.1 Å². The molecule has 3 rings (SSSR count). The molecule has 2 aromatic rings. The lowest BCUT2D eigenvalue weighted by Crippen LogP contribution is -2.31. The largest absolute Gasteiger partial charge is 0.291 e. The van der Waals surface area contributed by atoms with Crippen molar-refractivity contribution in [2.24, 2.45) is 5.84 Å². The van der Waals surface area contributed by atoms with Crippen LogP contribution in [0.4, 0.5) is 0 Å². The van der Waals surface area contributed by atoms with Gasteiger partial charge in [-0.05, 0) is 41.3 Å². The zero-order chi connectivity index (χ0) is 13.9. The van der Waals surface area contributed by atoms with Crippen LogP contribution in [0.5, 0.6) is 0 Å². The molecule has 1 fully saturated rings. The van der Waals surface area contributed by atoms with Gasteiger partial charge in [0.05, 0.1) is 4.88 Å². The number of nitrogens with one attached hydrogen (secondary N) is 1. The van der Waals surface area contributed by atoms with Crippen molar-refractivity contribution in [1.82, 2.24) is 10.3 Å². The van der Waals surface area contributed by atoms with Crippen LogP contribution < -0.4 is 11.3 Å². The maximum absolute atomic E-state index is 11.7. The third-order valence-corrected chi connectivity index (χ3v) is 5.28. The summed E-state index contributed by atoms with van der Waals surface area (Å²) < 4.78 is 0. The first-order chi connectivity index (χ1) is 9.78. The summed E-state index contributed by atoms with van der Waals surface area (Å²) in [5.74, 6) is 5.05. The number of hydrogen-bond donors (Lipinski definition) is 2. The molecule has 6 heteroatoms. The molecule has 0 bridgehead atoms. The van der Waals surface area contributed by atoms with E-state index in [1.165, 1.54) is 29.1 Å². The topological polar surface area (TPSA) is 58.4 Å². The lowest BCUT2D eigenvalue weighted by molar-refractivity contribution is 0.0955. The van der Waals surface area contributed by atoms with Gasteiger partial charge in [0.1, 0.15) is 0 Å². The van der Waals surface area contributed by atoms with Crippen molar-refractivity contribution in [1.29, 1.82) is 0 Å². The van der Waals surface area contributed by atoms with E-state index < -0.39 is 0 Å². The molecule has 1 aliphatic carbocycles. The molecule has 3 N–H and O–H groups in total. The minimum absolute atomic E-state index is 0.193. The standard InChI is InChI=1S/C14H17N3OS2/c15-16-14(18)13-10(5-7-20-13)8-17(11-3-4-11)9-12-2-1-6-19-12/h1-2,5-7,11H,3-4,8-9,15H2,(H,16,18). The van der Waals surface area contributed by atoms with Crippen molar-refractivity contribution in [3.05, 3.63) is 44.3 Å². The minimum atomic E-state index is -0.193. The molecule has 1 saturated carbocycles. The third kappa shape index (κ3) is 3.09. The van der Waals surface area contributed by atoms with Crippen LogP contribution in [0.2, 0.25) is 0 Å². The fraction of sp³-hybridized carbons (Fsp3) is 0.357. The number of hydrazine groups is 1. The number of nitrogens with zero attached hydrogens (tertiary/aromatic N) is 1. The van der Waals surface area contributed by atoms with Crippen LogP contribution in [0, 0.1) is 0 Å². The molecular weight excluding hydrogens is 290 g/mol. The number of rotatable bonds is 6. The Morgan fingerprint density at radius 3 is 2.80 bits per heavy atom. The number of nitrogen functional groups attached to an aromatic ring is 1. The Hall–Kier alpha value is -1.21. The van der Waals surface area contributed by atoms with Gasteiger partial charge in [0.25, 0.3) is 5.91 Å². The Kier molecular flexibility index (Phi) is 4.16. The normalized spacial score (nSPS) is 14.7. The Morgan fingerprint density at radius 1 is 1.30 bits per heavy atom. The molecule has 0 atom stereocenters. The summed E-state index contributed by atoms with van der Waals surface area (Å²) in [7, 11) is 0. The van der Waals surface area contributed by atoms with Gasteiger partial charge in [-0.15, -0.1) is 22.7 Å². The maximum atomic E-state index is 11.7. The van der Waals surface area contributed by atoms with Gasteiger partial charge in [-0.1, -0.05) is 6.07 Å². The first-order valence-electron chi connectivity index (χ1n) is 6.61. The van der Waals surface area contributed by atoms with Gasteiger partial charge in [0, 0.05) is 24.0 Å². The average Bonchev–Trinajstić information content (AvgIpc) is 2.99. The van der Waals surface area contributed by atoms with Crippen molar-refractivity contribution in [3.8, 4) is 0 Å². The van der Waals surface area contributed by atoms with E-state index in [1.807, 2.05) is 11.4 Å². The highest BCUT2D eigenvalue weighted by atomic mass is 32.1. The van der Waals surface area contributed by atoms with E-state index in [2.05, 4.69) is 27.8 Å². The van der Waals surface area contributed by atoms with E-state index in [9.17, 15) is 4.79 Å². The second kappa shape index (κ2) is 6.05. The van der Waals surface area contributed by atoms with Crippen molar-refractivity contribution < 1.29 is 4.79 Å². The monoisotopic (exact) mass is 307 g/mol. The molecule has 0 aliphatic heterocycles. The number of carbonyl (C=O) groups excluding carboxylic acids is 1. The second-order valence-electron chi connectivity index (χ2n) is 4.96. The quantitative estimate of drug-likeness (QED) is 0.490. The van der Waals surface area contributed by atoms with E-state index in [4.69, 9.17) is 5.84 Å². The lowest BCUT2D eigenvalue weighted by Gasteiger charge is -2.21. The number of hydrogen-bond acceptors (Lipinski definition) is 5. The summed E-state index contributed by atoms with van der Waals surface area (Å²) in [5, 5.41) is 4.06. The highest BCUT2D eigenvalue weighted by Gasteiger charge is 2.30. The Bertz CT molecular complexity index is 575. The molecule has 4 nitrogen and oxygen atoms in total. The number of carbonyl (C=O) groups is 1. The predicted octanol–water partition coefficient (Wildman–Crippen LogP) is 2.58. The van der Waals surface area contributed by atoms with E-state index >= 15 is 0 Å². The zero-order valence-electron chi connectivity index (χ0n) is 11.0. The number of thiophene rings is 2. The van der Waals surface area contributed by atoms with Crippen molar-refractivity contribution >= 4 is 28.6 Å². The van der Waals surface area contributed by atoms with Crippen LogP contribution in [-0.2, 0) is 13.1 Å². The van der Waals surface area contributed by atoms with Gasteiger partial charge in [-0.25, -0.2) is 5.84 Å². The van der Waals surface area contributed by atoms with E-state index in [0.717, 1.165) is 23.5 Å². The second-order valence-corrected chi connectivity index (χ2v) is 6.91. The first-order valence-corrected chi connectivity index (χ1v) is 8.37. The zero-order valence-corrected chi connectivity index (χ0v) is 12.7. The molecule has 1 aliphatic rings. The third-order valence-electron chi connectivity index (χ3n) is 3.46. The van der Waals surface area contributed by atoms with Crippen molar-refractivity contribution in [2.75, 3.05) is 0 Å². The SMILES string of the molecule is NNC(=O)c1sccc1CN(Cc1cccs1)C1CC1. The van der Waals surface area contributed by atoms with E-state index in [1.54, 1.807) is 11.3 Å². The number of nitrogens with two attached hydrogens (primary N) is 1. The Labute approximate surface area is 126 Å². The molecular formula is C14H17N3OS2. The summed E-state index contributed by atoms with van der Waals surface area (Å²) in [6.45, 7) is 1.77. The molecule has 0 aromatic carbocycles. The molecule has 0 spiro atoms. The lowest BCUT2D eigenvalue weighted by atomic mass is 10.2. The molecule has 20 heavy (non-hydrogen) atoms. The van der Waals surface area contributed by atoms with Crippen LogP contribution in [0.25, 0.3) is 0 Å². The average molecular weight is 307 g/mol. The first kappa shape index (κ1) is 13.8. The highest BCUT2D eigenvalue weighted by Crippen LogP contribution is 2.31. The van der Waals surface area contributed by atoms with Gasteiger partial charge in [-0.2, -0.15) is 0 Å². The van der Waals surface area contributed by atoms with Gasteiger partial charge >= 0.3 is 0 Å².